The number of carbonyl (C=O) groups excluding carboxylic acids is 11. The minimum absolute atomic E-state index is 0.00841. The van der Waals surface area contributed by atoms with Gasteiger partial charge in [0.25, 0.3) is 0 Å². The van der Waals surface area contributed by atoms with Crippen molar-refractivity contribution in [1.29, 1.82) is 0 Å². The molecule has 12 atom stereocenters. The Balaban J connectivity index is 1.14. The summed E-state index contributed by atoms with van der Waals surface area (Å²) in [5, 5.41) is 27.4. The second-order valence-electron chi connectivity index (χ2n) is 29.0. The number of primary amides is 1. The molecule has 2 aliphatic rings. The van der Waals surface area contributed by atoms with E-state index in [-0.39, 0.29) is 113 Å². The number of anilines is 1. The molecule has 2 aliphatic heterocycles. The fourth-order valence-corrected chi connectivity index (χ4v) is 13.6. The topological polar surface area (TPSA) is 356 Å². The van der Waals surface area contributed by atoms with Gasteiger partial charge in [0.05, 0.1) is 54.7 Å². The van der Waals surface area contributed by atoms with Gasteiger partial charge >= 0.3 is 18.1 Å². The Morgan fingerprint density at radius 1 is 0.648 bits per heavy atom. The van der Waals surface area contributed by atoms with E-state index in [0.29, 0.717) is 36.9 Å². The Hall–Kier alpha value is -9.04. The van der Waals surface area contributed by atoms with Crippen LogP contribution in [0.2, 0.25) is 0 Å². The number of urea groups is 1. The highest BCUT2D eigenvalue weighted by molar-refractivity contribution is 5.98. The molecule has 0 saturated carbocycles. The van der Waals surface area contributed by atoms with Crippen molar-refractivity contribution in [3.8, 4) is 5.75 Å². The number of piperidine rings is 1. The number of hydrogen-bond acceptors (Lipinski definition) is 16. The summed E-state index contributed by atoms with van der Waals surface area (Å²) in [7, 11) is 6.00. The van der Waals surface area contributed by atoms with Crippen LogP contribution in [0.15, 0.2) is 54.6 Å². The summed E-state index contributed by atoms with van der Waals surface area (Å²) in [4.78, 5) is 155. The molecule has 9 N–H and O–H groups in total. The first-order chi connectivity index (χ1) is 51.0. The van der Waals surface area contributed by atoms with Crippen LogP contribution in [0.5, 0.6) is 5.75 Å². The van der Waals surface area contributed by atoms with E-state index in [1.165, 1.54) is 43.2 Å². The van der Waals surface area contributed by atoms with Gasteiger partial charge < -0.3 is 76.4 Å². The molecule has 3 aromatic rings. The SMILES string of the molecule is CC[C@H](C)[C@@H]([C@@H](CC(=O)N1CCC[C@H]1[C@H](OC)[C@@H](C)C(=O)N[C@H](C)[C@@H](O)c1ccccc1)OC)N(C)C(=O)[C@@H](NC(=O)[C@H](C(C)C)N(C)C(=O)OCc1ccc(NC(=O)[C@H](CCCNC(N)=O)NC(=O)[C@@H](NC(=O)CCCCC(=O)N2CCC(C(=O)Oc3c(F)c(F)c(F)c(F)c3F)CC2)C(C)C)cc1)C(C)C. The number of rotatable bonds is 39. The van der Waals surface area contributed by atoms with Crippen LogP contribution in [0, 0.1) is 64.6 Å². The van der Waals surface area contributed by atoms with E-state index in [2.05, 4.69) is 36.6 Å². The molecule has 2 heterocycles. The van der Waals surface area contributed by atoms with E-state index in [9.17, 15) is 79.8 Å². The molecule has 0 aliphatic carbocycles. The number of benzene rings is 3. The maximum atomic E-state index is 14.8. The van der Waals surface area contributed by atoms with E-state index in [1.807, 2.05) is 19.9 Å². The van der Waals surface area contributed by atoms with Gasteiger partial charge in [0.2, 0.25) is 82.1 Å². The largest absolute Gasteiger partial charge is 0.445 e. The van der Waals surface area contributed by atoms with Crippen LogP contribution >= 0.6 is 0 Å². The number of aliphatic hydroxyl groups is 1. The van der Waals surface area contributed by atoms with E-state index in [1.54, 1.807) is 104 Å². The van der Waals surface area contributed by atoms with Crippen LogP contribution in [-0.4, -0.2) is 199 Å². The van der Waals surface area contributed by atoms with Crippen molar-refractivity contribution in [3.05, 3.63) is 94.8 Å². The van der Waals surface area contributed by atoms with Gasteiger partial charge in [0, 0.05) is 73.0 Å². The third-order valence-electron chi connectivity index (χ3n) is 20.1. The number of likely N-dealkylation sites (N-methyl/N-ethyl adjacent to an activating group) is 2. The van der Waals surface area contributed by atoms with Crippen LogP contribution < -0.4 is 42.4 Å². The number of esters is 1. The standard InChI is InChI=1S/C76H110F5N11O16/c1-15-44(8)65(53(105-13)39-56(95)92-36-22-26-52(92)67(106-14)45(9)69(97)84-46(10)66(96)48-23-17-16-18-24-48)89(11)73(101)63(42(4)5)88-72(100)64(43(6)7)90(12)76(104)107-40-47-29-31-50(32-30-47)85-70(98)51(25-21-35-83-75(82)103)86-71(99)62(41(2)3)87-54(93)27-19-20-28-55(94)91-37-33-49(34-38-91)74(102)108-68-60(80)58(78)57(77)59(79)61(68)81/h16-18,23-24,29-32,41-46,49,51-53,62-67,96H,15,19-22,25-28,33-40H2,1-14H3,(H,84,97)(H,85,98)(H,86,99)(H,87,93)(H,88,100)(H3,82,83,103)/t44-,45+,46+,51-,52-,53+,62-,63-,64-,65-,66+,67+/m0/s1. The van der Waals surface area contributed by atoms with E-state index < -0.39 is 173 Å². The zero-order chi connectivity index (χ0) is 80.5. The lowest BCUT2D eigenvalue weighted by Crippen LogP contribution is -2.60. The molecule has 2 saturated heterocycles. The molecule has 0 aromatic heterocycles. The summed E-state index contributed by atoms with van der Waals surface area (Å²) < 4.78 is 91.3. The molecular weight excluding hydrogens is 1420 g/mol. The van der Waals surface area contributed by atoms with Crippen LogP contribution in [0.25, 0.3) is 0 Å². The van der Waals surface area contributed by atoms with Gasteiger partial charge in [-0.15, -0.1) is 0 Å². The minimum Gasteiger partial charge on any atom is -0.445 e. The fraction of sp³-hybridized carbons (Fsp3) is 0.618. The molecule has 3 aromatic carbocycles. The molecule has 0 bridgehead atoms. The zero-order valence-corrected chi connectivity index (χ0v) is 64.3. The van der Waals surface area contributed by atoms with Crippen molar-refractivity contribution in [2.24, 2.45) is 41.2 Å². The van der Waals surface area contributed by atoms with Gasteiger partial charge in [-0.2, -0.15) is 8.78 Å². The van der Waals surface area contributed by atoms with Crippen molar-refractivity contribution < 1.29 is 98.7 Å². The monoisotopic (exact) mass is 1530 g/mol. The summed E-state index contributed by atoms with van der Waals surface area (Å²) in [5.41, 5.74) is 6.67. The Kier molecular flexibility index (Phi) is 35.4. The lowest BCUT2D eigenvalue weighted by atomic mass is 9.89. The number of amides is 11. The molecule has 0 spiro atoms. The predicted octanol–water partition coefficient (Wildman–Crippen LogP) is 7.69. The minimum atomic E-state index is -2.41. The van der Waals surface area contributed by atoms with Crippen LogP contribution in [-0.2, 0) is 64.0 Å². The lowest BCUT2D eigenvalue weighted by Gasteiger charge is -2.41. The first-order valence-electron chi connectivity index (χ1n) is 36.9. The Labute approximate surface area is 628 Å². The number of nitrogens with two attached hydrogens (primary N) is 1. The fourth-order valence-electron chi connectivity index (χ4n) is 13.6. The Morgan fingerprint density at radius 3 is 1.81 bits per heavy atom. The molecule has 108 heavy (non-hydrogen) atoms. The van der Waals surface area contributed by atoms with E-state index in [4.69, 9.17) is 19.9 Å². The Bertz CT molecular complexity index is 3530. The summed E-state index contributed by atoms with van der Waals surface area (Å²) >= 11 is 0. The normalized spacial score (nSPS) is 17.0. The number of nitrogens with one attached hydrogen (secondary N) is 6. The van der Waals surface area contributed by atoms with Crippen molar-refractivity contribution in [2.75, 3.05) is 59.8 Å². The number of halogens is 5. The maximum Gasteiger partial charge on any atom is 0.410 e. The lowest BCUT2D eigenvalue weighted by molar-refractivity contribution is -0.148. The van der Waals surface area contributed by atoms with Gasteiger partial charge in [-0.1, -0.05) is 111 Å². The third-order valence-corrected chi connectivity index (χ3v) is 20.1. The molecular formula is C76H110F5N11O16. The number of ether oxygens (including phenoxy) is 4. The molecule has 0 radical (unpaired) electrons. The van der Waals surface area contributed by atoms with Gasteiger partial charge in [-0.3, -0.25) is 48.1 Å². The first kappa shape index (κ1) is 89.6. The zero-order valence-electron chi connectivity index (χ0n) is 64.3. The average molecular weight is 1530 g/mol. The number of carbonyl (C=O) groups is 11. The Morgan fingerprint density at radius 2 is 1.25 bits per heavy atom. The number of aliphatic hydroxyl groups excluding tert-OH is 1. The molecule has 11 amide bonds. The number of unbranched alkanes of at least 4 members (excludes halogenated alkanes) is 1. The van der Waals surface area contributed by atoms with Crippen molar-refractivity contribution in [1.82, 2.24) is 46.2 Å². The highest BCUT2D eigenvalue weighted by Crippen LogP contribution is 2.33. The van der Waals surface area contributed by atoms with Crippen LogP contribution in [0.4, 0.5) is 37.2 Å². The molecule has 600 valence electrons. The summed E-state index contributed by atoms with van der Waals surface area (Å²) in [6, 6.07) is 8.14. The van der Waals surface area contributed by atoms with E-state index >= 15 is 0 Å². The van der Waals surface area contributed by atoms with Crippen molar-refractivity contribution in [2.45, 2.75) is 213 Å². The third kappa shape index (κ3) is 24.7. The quantitative estimate of drug-likeness (QED) is 0.00677. The van der Waals surface area contributed by atoms with Crippen LogP contribution in [0.3, 0.4) is 0 Å². The molecule has 2 fully saturated rings. The molecule has 32 heteroatoms. The summed E-state index contributed by atoms with van der Waals surface area (Å²) in [5.74, 6) is -21.7. The summed E-state index contributed by atoms with van der Waals surface area (Å²) in [6.07, 6.45) is -1.08. The van der Waals surface area contributed by atoms with Gasteiger partial charge in [-0.25, -0.2) is 22.8 Å². The maximum absolute atomic E-state index is 14.8. The number of hydrogen-bond donors (Lipinski definition) is 8. The number of nitrogens with zero attached hydrogens (tertiary/aromatic N) is 4. The van der Waals surface area contributed by atoms with Crippen molar-refractivity contribution >= 4 is 71.0 Å². The van der Waals surface area contributed by atoms with Gasteiger partial charge in [0.1, 0.15) is 30.8 Å². The average Bonchev–Trinajstić information content (AvgIpc) is 1.73. The highest BCUT2D eigenvalue weighted by Gasteiger charge is 2.45. The second-order valence-corrected chi connectivity index (χ2v) is 29.0. The van der Waals surface area contributed by atoms with Crippen molar-refractivity contribution in [3.63, 3.8) is 0 Å². The van der Waals surface area contributed by atoms with Gasteiger partial charge in [-0.05, 0) is 105 Å². The molecule has 0 unspecified atom stereocenters. The van der Waals surface area contributed by atoms with E-state index in [0.717, 1.165) is 4.90 Å². The smallest absolute Gasteiger partial charge is 0.410 e. The van der Waals surface area contributed by atoms with Gasteiger partial charge in [0.15, 0.2) is 0 Å². The second kappa shape index (κ2) is 42.6. The van der Waals surface area contributed by atoms with Crippen LogP contribution in [0.1, 0.15) is 164 Å². The predicted molar refractivity (Wildman–Crippen MR) is 389 cm³/mol. The number of methoxy groups -OCH3 is 2. The number of likely N-dealkylation sites (tertiary alicyclic amines) is 2. The summed E-state index contributed by atoms with van der Waals surface area (Å²) in [6.45, 7) is 18.0. The first-order valence-corrected chi connectivity index (χ1v) is 36.9. The highest BCUT2D eigenvalue weighted by atomic mass is 19.2. The molecule has 5 rings (SSSR count). The molecule has 27 nitrogen and oxygen atoms in total.